The summed E-state index contributed by atoms with van der Waals surface area (Å²) in [6.45, 7) is 1.51. The van der Waals surface area contributed by atoms with Crippen molar-refractivity contribution in [2.45, 2.75) is 86.9 Å². The molecule has 1 fully saturated rings. The Labute approximate surface area is 338 Å². The number of carbonyl (C=O) groups is 2. The average Bonchev–Trinajstić information content (AvgIpc) is 3.91. The first-order valence-electron chi connectivity index (χ1n) is 19.4. The predicted molar refractivity (Wildman–Crippen MR) is 202 cm³/mol. The number of carboxylic acids is 1. The highest BCUT2D eigenvalue weighted by molar-refractivity contribution is 6.06. The second-order valence-corrected chi connectivity index (χ2v) is 15.5. The minimum atomic E-state index is -1.89. The molecule has 1 saturated heterocycles. The topological polar surface area (TPSA) is 251 Å². The zero-order valence-corrected chi connectivity index (χ0v) is 31.9. The van der Waals surface area contributed by atoms with Crippen molar-refractivity contribution < 1.29 is 68.1 Å². The lowest BCUT2D eigenvalue weighted by atomic mass is 9.80. The van der Waals surface area contributed by atoms with E-state index in [0.717, 1.165) is 44.0 Å². The molecule has 10 atom stereocenters. The molecule has 0 spiro atoms. The molecule has 0 aromatic heterocycles. The number of allylic oxidation sites excluding steroid dienone is 1. The molecule has 310 valence electrons. The summed E-state index contributed by atoms with van der Waals surface area (Å²) in [5.41, 5.74) is 18.4. The van der Waals surface area contributed by atoms with Crippen LogP contribution in [0.3, 0.4) is 0 Å². The molecule has 6 bridgehead atoms. The van der Waals surface area contributed by atoms with Crippen LogP contribution in [-0.4, -0.2) is 102 Å². The van der Waals surface area contributed by atoms with Gasteiger partial charge in [-0.15, -0.1) is 0 Å². The number of ether oxygens (including phenoxy) is 7. The molecule has 8 N–H and O–H groups in total. The van der Waals surface area contributed by atoms with Gasteiger partial charge >= 0.3 is 5.97 Å². The number of carbonyl (C=O) groups excluding carboxylic acids is 2. The Hall–Kier alpha value is -5.53. The number of aliphatic imine (C=N–C) groups is 1. The summed E-state index contributed by atoms with van der Waals surface area (Å²) < 4.78 is 43.5. The van der Waals surface area contributed by atoms with Gasteiger partial charge in [-0.05, 0) is 29.3 Å². The summed E-state index contributed by atoms with van der Waals surface area (Å²) in [6.07, 6.45) is -7.04. The predicted octanol–water partition coefficient (Wildman–Crippen LogP) is -1.42. The van der Waals surface area contributed by atoms with E-state index < -0.39 is 73.5 Å². The maximum atomic E-state index is 12.3. The number of esters is 1. The van der Waals surface area contributed by atoms with Crippen LogP contribution < -0.4 is 45.2 Å². The maximum Gasteiger partial charge on any atom is 0.311 e. The number of nitrogens with two attached hydrogens (primary N) is 2. The van der Waals surface area contributed by atoms with Gasteiger partial charge in [0.05, 0.1) is 43.8 Å². The standard InChI is InChI=1S/C42H44N4O13/c1-53-37-26-7-6-24-32-27(12-20-4-2-19(3-5-20)9-11-54-26)56-28-14-23(13-22(31(28)38(32)58-36(24)37)17-46-16-21-8-10-45-25(21)18-46)55-42-35(52)33(50)34(51)39(59-42)40(41(43)44)57-30(49)15-29(47)48/h2-8,10,13-14,16,27,32-35,38-42,50-52H,9,11-12,15,17-18,43-44H2,1H3,(H,47,48). The average molecular weight is 813 g/mol. The van der Waals surface area contributed by atoms with Gasteiger partial charge in [-0.3, -0.25) is 14.7 Å². The van der Waals surface area contributed by atoms with Gasteiger partial charge in [0.1, 0.15) is 73.1 Å². The molecular weight excluding hydrogens is 768 g/mol. The first-order chi connectivity index (χ1) is 28.4. The highest BCUT2D eigenvalue weighted by Crippen LogP contribution is 2.59. The molecule has 9 aliphatic rings. The highest BCUT2D eigenvalue weighted by Gasteiger charge is 2.52. The molecule has 3 aromatic rings. The Morgan fingerprint density at radius 1 is 1.02 bits per heavy atom. The molecule has 59 heavy (non-hydrogen) atoms. The Bertz CT molecular complexity index is 2240. The number of benzene rings is 3. The Morgan fingerprint density at radius 3 is 2.56 bits per heavy atom. The number of carboxylic acid groups (broad SMARTS) is 1. The number of nitrogens with one attached hydrogen (secondary N) is 1. The molecule has 3 aromatic carbocycles. The minimum absolute atomic E-state index is 0.174. The van der Waals surface area contributed by atoms with Crippen molar-refractivity contribution in [3.8, 4) is 28.7 Å². The van der Waals surface area contributed by atoms with Gasteiger partial charge in [0, 0.05) is 41.8 Å². The number of rotatable bonds is 10. The van der Waals surface area contributed by atoms with Crippen molar-refractivity contribution >= 4 is 17.7 Å². The van der Waals surface area contributed by atoms with E-state index in [4.69, 9.17) is 44.6 Å². The lowest BCUT2D eigenvalue weighted by Gasteiger charge is -2.43. The molecule has 17 heteroatoms. The smallest absolute Gasteiger partial charge is 0.311 e. The van der Waals surface area contributed by atoms with Crippen LogP contribution in [0.4, 0.5) is 0 Å². The van der Waals surface area contributed by atoms with E-state index in [9.17, 15) is 30.0 Å². The van der Waals surface area contributed by atoms with Crippen molar-refractivity contribution in [3.63, 3.8) is 0 Å². The van der Waals surface area contributed by atoms with E-state index in [-0.39, 0.29) is 11.7 Å². The largest absolute Gasteiger partial charge is 0.550 e. The van der Waals surface area contributed by atoms with Gasteiger partial charge in [0.2, 0.25) is 12.0 Å². The molecule has 0 amide bonds. The summed E-state index contributed by atoms with van der Waals surface area (Å²) in [5, 5.41) is 44.1. The number of methoxy groups -OCH3 is 1. The fourth-order valence-electron chi connectivity index (χ4n) is 8.85. The summed E-state index contributed by atoms with van der Waals surface area (Å²) >= 11 is 0. The molecule has 9 aliphatic heterocycles. The van der Waals surface area contributed by atoms with Crippen LogP contribution in [-0.2, 0) is 38.4 Å². The summed E-state index contributed by atoms with van der Waals surface area (Å²) in [6, 6.07) is 15.7. The Morgan fingerprint density at radius 2 is 1.81 bits per heavy atom. The fraction of sp³-hybridized carbons (Fsp3) is 0.405. The maximum absolute atomic E-state index is 12.3. The molecule has 0 saturated carbocycles. The van der Waals surface area contributed by atoms with Crippen molar-refractivity contribution in [1.82, 2.24) is 0 Å². The van der Waals surface area contributed by atoms with Gasteiger partial charge in [-0.2, -0.15) is 0 Å². The molecular formula is C42H44N4O13. The van der Waals surface area contributed by atoms with Gasteiger partial charge in [0.25, 0.3) is 0 Å². The zero-order valence-electron chi connectivity index (χ0n) is 31.9. The Kier molecular flexibility index (Phi) is 10.3. The summed E-state index contributed by atoms with van der Waals surface area (Å²) in [7, 11) is 1.59. The van der Waals surface area contributed by atoms with E-state index in [1.807, 2.05) is 18.2 Å². The number of aliphatic carboxylic acids is 1. The number of nitrogens with zero attached hydrogens (tertiary/aromatic N) is 1. The van der Waals surface area contributed by atoms with Crippen LogP contribution in [0.15, 0.2) is 77.6 Å². The second kappa shape index (κ2) is 15.6. The molecule has 9 heterocycles. The van der Waals surface area contributed by atoms with Crippen LogP contribution in [0.1, 0.15) is 46.3 Å². The van der Waals surface area contributed by atoms with E-state index in [2.05, 4.69) is 35.5 Å². The fourth-order valence-corrected chi connectivity index (χ4v) is 8.85. The highest BCUT2D eigenvalue weighted by atomic mass is 16.7. The van der Waals surface area contributed by atoms with Gasteiger partial charge in [0.15, 0.2) is 17.6 Å². The first kappa shape index (κ1) is 39.0. The van der Waals surface area contributed by atoms with Crippen LogP contribution in [0, 0.1) is 0 Å². The number of aliphatic hydroxyl groups excluding tert-OH is 3. The number of hydrogen-bond donors (Lipinski definition) is 6. The molecule has 0 radical (unpaired) electrons. The van der Waals surface area contributed by atoms with Gasteiger partial charge in [-0.25, -0.2) is 0 Å². The van der Waals surface area contributed by atoms with Gasteiger partial charge < -0.3 is 69.8 Å². The van der Waals surface area contributed by atoms with E-state index in [1.54, 1.807) is 25.4 Å². The molecule has 0 aliphatic carbocycles. The van der Waals surface area contributed by atoms with Crippen molar-refractivity contribution in [1.29, 1.82) is 0 Å². The van der Waals surface area contributed by atoms with Crippen molar-refractivity contribution in [2.24, 2.45) is 16.5 Å². The minimum Gasteiger partial charge on any atom is -0.550 e. The lowest BCUT2D eigenvalue weighted by Crippen LogP contribution is -3.05. The quantitative estimate of drug-likeness (QED) is 0.0782. The number of fused-ring (bicyclic) bond motifs is 3. The molecule has 10 unspecified atom stereocenters. The monoisotopic (exact) mass is 812 g/mol. The van der Waals surface area contributed by atoms with Crippen LogP contribution in [0.25, 0.3) is 0 Å². The van der Waals surface area contributed by atoms with E-state index in [0.29, 0.717) is 55.5 Å². The van der Waals surface area contributed by atoms with Crippen LogP contribution in [0.2, 0.25) is 0 Å². The number of hydrogen-bond acceptors (Lipinski definition) is 16. The zero-order chi connectivity index (χ0) is 41.1. The summed E-state index contributed by atoms with van der Waals surface area (Å²) in [5.74, 6) is -0.968. The third kappa shape index (κ3) is 7.28. The SMILES string of the molecule is COc1c2ccc3c1OC1c4c(C[NH+]5C=C6C=CN=C6C5)cc(OC5OC(C(OC(=O)CC(=O)[O-])C(N)N)C(O)C(O)C5O)cc4OC(Cc4ccc(cc4)CCO2)C31. The Balaban J connectivity index is 1.11. The second-order valence-electron chi connectivity index (χ2n) is 15.5. The molecule has 12 rings (SSSR count). The first-order valence-corrected chi connectivity index (χ1v) is 19.4. The number of quaternary nitrogens is 1. The number of aliphatic hydroxyl groups is 3. The van der Waals surface area contributed by atoms with Crippen LogP contribution >= 0.6 is 0 Å². The normalized spacial score (nSPS) is 29.0. The van der Waals surface area contributed by atoms with Crippen molar-refractivity contribution in [3.05, 3.63) is 100 Å². The third-order valence-corrected chi connectivity index (χ3v) is 11.6. The van der Waals surface area contributed by atoms with Crippen LogP contribution in [0.5, 0.6) is 28.7 Å². The van der Waals surface area contributed by atoms with E-state index >= 15 is 0 Å². The van der Waals surface area contributed by atoms with Gasteiger partial charge in [-0.1, -0.05) is 30.3 Å². The van der Waals surface area contributed by atoms with E-state index in [1.165, 1.54) is 0 Å². The summed E-state index contributed by atoms with van der Waals surface area (Å²) in [4.78, 5) is 28.9. The molecule has 17 nitrogen and oxygen atoms in total. The third-order valence-electron chi connectivity index (χ3n) is 11.6. The lowest BCUT2D eigenvalue weighted by molar-refractivity contribution is -0.848. The van der Waals surface area contributed by atoms with Crippen molar-refractivity contribution in [2.75, 3.05) is 20.3 Å².